The van der Waals surface area contributed by atoms with Gasteiger partial charge in [0.1, 0.15) is 0 Å². The first-order valence-electron chi connectivity index (χ1n) is 7.17. The monoisotopic (exact) mass is 243 g/mol. The lowest BCUT2D eigenvalue weighted by molar-refractivity contribution is -0.143. The minimum Gasteiger partial charge on any atom is -0.466 e. The topological polar surface area (TPSA) is 52.3 Å². The molecule has 0 unspecified atom stereocenters. The number of rotatable bonds is 12. The minimum absolute atomic E-state index is 0.0326. The van der Waals surface area contributed by atoms with Crippen LogP contribution in [0.1, 0.15) is 71.1 Å². The van der Waals surface area contributed by atoms with Gasteiger partial charge in [0.2, 0.25) is 0 Å². The average Bonchev–Trinajstić information content (AvgIpc) is 2.34. The zero-order valence-corrected chi connectivity index (χ0v) is 11.4. The first-order valence-corrected chi connectivity index (χ1v) is 7.17. The number of carbonyl (C=O) groups is 1. The molecule has 3 heteroatoms. The molecule has 0 radical (unpaired) electrons. The van der Waals surface area contributed by atoms with Crippen molar-refractivity contribution in [2.75, 3.05) is 13.2 Å². The van der Waals surface area contributed by atoms with E-state index in [4.69, 9.17) is 10.5 Å². The van der Waals surface area contributed by atoms with E-state index >= 15 is 0 Å². The molecular formula is C14H29NO2. The number of esters is 1. The van der Waals surface area contributed by atoms with E-state index in [1.807, 2.05) is 6.92 Å². The van der Waals surface area contributed by atoms with Crippen LogP contribution < -0.4 is 5.73 Å². The lowest BCUT2D eigenvalue weighted by Gasteiger charge is -2.03. The Bertz CT molecular complexity index is 172. The van der Waals surface area contributed by atoms with Gasteiger partial charge in [-0.2, -0.15) is 0 Å². The van der Waals surface area contributed by atoms with Crippen molar-refractivity contribution in [3.8, 4) is 0 Å². The molecule has 0 aromatic carbocycles. The van der Waals surface area contributed by atoms with Gasteiger partial charge in [-0.15, -0.1) is 0 Å². The van der Waals surface area contributed by atoms with Crippen molar-refractivity contribution in [3.05, 3.63) is 0 Å². The highest BCUT2D eigenvalue weighted by molar-refractivity contribution is 5.69. The highest BCUT2D eigenvalue weighted by atomic mass is 16.5. The Hall–Kier alpha value is -0.570. The molecular weight excluding hydrogens is 214 g/mol. The molecule has 3 nitrogen and oxygen atoms in total. The predicted octanol–water partition coefficient (Wildman–Crippen LogP) is 3.41. The number of unbranched alkanes of at least 4 members (excludes halogenated alkanes) is 7. The Balaban J connectivity index is 3.05. The predicted molar refractivity (Wildman–Crippen MR) is 71.9 cm³/mol. The summed E-state index contributed by atoms with van der Waals surface area (Å²) in [7, 11) is 0. The molecule has 0 atom stereocenters. The zero-order chi connectivity index (χ0) is 12.8. The molecule has 0 rings (SSSR count). The molecule has 0 amide bonds. The fourth-order valence-corrected chi connectivity index (χ4v) is 1.76. The van der Waals surface area contributed by atoms with E-state index < -0.39 is 0 Å². The van der Waals surface area contributed by atoms with Crippen molar-refractivity contribution in [1.29, 1.82) is 0 Å². The van der Waals surface area contributed by atoms with E-state index in [1.54, 1.807) is 0 Å². The van der Waals surface area contributed by atoms with Gasteiger partial charge in [0.05, 0.1) is 6.61 Å². The average molecular weight is 243 g/mol. The summed E-state index contributed by atoms with van der Waals surface area (Å²) in [5.74, 6) is -0.0326. The van der Waals surface area contributed by atoms with Gasteiger partial charge in [-0.3, -0.25) is 4.79 Å². The van der Waals surface area contributed by atoms with Crippen molar-refractivity contribution >= 4 is 5.97 Å². The third-order valence-electron chi connectivity index (χ3n) is 2.80. The summed E-state index contributed by atoms with van der Waals surface area (Å²) in [5.41, 5.74) is 5.43. The Morgan fingerprint density at radius 3 is 2.00 bits per heavy atom. The van der Waals surface area contributed by atoms with E-state index in [1.165, 1.54) is 32.1 Å². The van der Waals surface area contributed by atoms with Crippen molar-refractivity contribution in [2.24, 2.45) is 5.73 Å². The maximum atomic E-state index is 11.2. The molecule has 0 aromatic heterocycles. The van der Waals surface area contributed by atoms with Crippen molar-refractivity contribution in [3.63, 3.8) is 0 Å². The first kappa shape index (κ1) is 16.4. The van der Waals surface area contributed by atoms with Crippen molar-refractivity contribution in [2.45, 2.75) is 71.1 Å². The normalized spacial score (nSPS) is 10.5. The third-order valence-corrected chi connectivity index (χ3v) is 2.80. The highest BCUT2D eigenvalue weighted by Gasteiger charge is 2.01. The smallest absolute Gasteiger partial charge is 0.305 e. The van der Waals surface area contributed by atoms with Crippen LogP contribution in [-0.2, 0) is 9.53 Å². The van der Waals surface area contributed by atoms with E-state index in [2.05, 4.69) is 0 Å². The van der Waals surface area contributed by atoms with Gasteiger partial charge in [0.15, 0.2) is 0 Å². The van der Waals surface area contributed by atoms with E-state index in [9.17, 15) is 4.79 Å². The van der Waals surface area contributed by atoms with Crippen LogP contribution in [0.25, 0.3) is 0 Å². The summed E-state index contributed by atoms with van der Waals surface area (Å²) < 4.78 is 5.01. The Morgan fingerprint density at radius 2 is 1.47 bits per heavy atom. The largest absolute Gasteiger partial charge is 0.466 e. The van der Waals surface area contributed by atoms with Crippen molar-refractivity contribution < 1.29 is 9.53 Å². The molecule has 0 aromatic rings. The first-order chi connectivity index (χ1) is 8.31. The van der Waals surface area contributed by atoms with Gasteiger partial charge in [-0.05, 0) is 25.8 Å². The van der Waals surface area contributed by atoms with Gasteiger partial charge in [-0.25, -0.2) is 0 Å². The highest BCUT2D eigenvalue weighted by Crippen LogP contribution is 2.09. The SMILES string of the molecule is CCCOC(=O)CCCCCCCCCCN. The fraction of sp³-hybridized carbons (Fsp3) is 0.929. The summed E-state index contributed by atoms with van der Waals surface area (Å²) in [4.78, 5) is 11.2. The number of carbonyl (C=O) groups excluding carboxylic acids is 1. The standard InChI is InChI=1S/C14H29NO2/c1-2-13-17-14(16)11-9-7-5-3-4-6-8-10-12-15/h2-13,15H2,1H3. The Morgan fingerprint density at radius 1 is 0.941 bits per heavy atom. The number of hydrogen-bond donors (Lipinski definition) is 1. The van der Waals surface area contributed by atoms with Crippen LogP contribution in [0.3, 0.4) is 0 Å². The lowest BCUT2D eigenvalue weighted by Crippen LogP contribution is -2.04. The van der Waals surface area contributed by atoms with Gasteiger partial charge < -0.3 is 10.5 Å². The van der Waals surface area contributed by atoms with Crippen LogP contribution in [0.5, 0.6) is 0 Å². The maximum Gasteiger partial charge on any atom is 0.305 e. The zero-order valence-electron chi connectivity index (χ0n) is 11.4. The van der Waals surface area contributed by atoms with Gasteiger partial charge in [-0.1, -0.05) is 45.4 Å². The molecule has 0 aliphatic rings. The maximum absolute atomic E-state index is 11.2. The van der Waals surface area contributed by atoms with Crippen LogP contribution >= 0.6 is 0 Å². The second-order valence-corrected chi connectivity index (χ2v) is 4.59. The second kappa shape index (κ2) is 13.5. The molecule has 0 aliphatic carbocycles. The molecule has 102 valence electrons. The Labute approximate surface area is 106 Å². The van der Waals surface area contributed by atoms with E-state index in [0.29, 0.717) is 13.0 Å². The van der Waals surface area contributed by atoms with Crippen molar-refractivity contribution in [1.82, 2.24) is 0 Å². The summed E-state index contributed by atoms with van der Waals surface area (Å²) in [6.07, 6.45) is 11.2. The molecule has 17 heavy (non-hydrogen) atoms. The molecule has 0 bridgehead atoms. The fourth-order valence-electron chi connectivity index (χ4n) is 1.76. The molecule has 0 saturated carbocycles. The number of ether oxygens (including phenoxy) is 1. The Kier molecular flexibility index (Phi) is 13.0. The molecule has 0 saturated heterocycles. The molecule has 0 spiro atoms. The quantitative estimate of drug-likeness (QED) is 0.422. The van der Waals surface area contributed by atoms with Gasteiger partial charge in [0.25, 0.3) is 0 Å². The number of hydrogen-bond acceptors (Lipinski definition) is 3. The van der Waals surface area contributed by atoms with Gasteiger partial charge >= 0.3 is 5.97 Å². The molecule has 0 aliphatic heterocycles. The summed E-state index contributed by atoms with van der Waals surface area (Å²) >= 11 is 0. The van der Waals surface area contributed by atoms with E-state index in [0.717, 1.165) is 32.2 Å². The molecule has 0 fully saturated rings. The van der Waals surface area contributed by atoms with E-state index in [-0.39, 0.29) is 5.97 Å². The van der Waals surface area contributed by atoms with Crippen LogP contribution in [0.15, 0.2) is 0 Å². The van der Waals surface area contributed by atoms with Crippen LogP contribution in [0.4, 0.5) is 0 Å². The third kappa shape index (κ3) is 13.4. The van der Waals surface area contributed by atoms with Crippen LogP contribution in [-0.4, -0.2) is 19.1 Å². The summed E-state index contributed by atoms with van der Waals surface area (Å²) in [6.45, 7) is 3.40. The molecule has 2 N–H and O–H groups in total. The summed E-state index contributed by atoms with van der Waals surface area (Å²) in [6, 6.07) is 0. The van der Waals surface area contributed by atoms with Crippen LogP contribution in [0, 0.1) is 0 Å². The van der Waals surface area contributed by atoms with Crippen LogP contribution in [0.2, 0.25) is 0 Å². The molecule has 0 heterocycles. The second-order valence-electron chi connectivity index (χ2n) is 4.59. The lowest BCUT2D eigenvalue weighted by atomic mass is 10.1. The summed E-state index contributed by atoms with van der Waals surface area (Å²) in [5, 5.41) is 0. The minimum atomic E-state index is -0.0326. The number of nitrogens with two attached hydrogens (primary N) is 1. The van der Waals surface area contributed by atoms with Gasteiger partial charge in [0, 0.05) is 6.42 Å².